The second-order valence-corrected chi connectivity index (χ2v) is 5.96. The van der Waals surface area contributed by atoms with E-state index in [0.717, 1.165) is 23.2 Å². The number of nitrogens with one attached hydrogen (secondary N) is 1. The summed E-state index contributed by atoms with van der Waals surface area (Å²) in [6.45, 7) is 5.56. The number of hydrogen-bond donors (Lipinski definition) is 1. The Labute approximate surface area is 136 Å². The van der Waals surface area contributed by atoms with Crippen molar-refractivity contribution in [3.8, 4) is 0 Å². The number of hydrogen-bond acceptors (Lipinski definition) is 2. The molecule has 0 bridgehead atoms. The van der Waals surface area contributed by atoms with Crippen LogP contribution in [0.5, 0.6) is 0 Å². The maximum Gasteiger partial charge on any atom is 0.190 e. The number of unbranched alkanes of at least 4 members (excludes halogenated alkanes) is 2. The number of alkyl halides is 1. The van der Waals surface area contributed by atoms with Crippen LogP contribution in [0.1, 0.15) is 42.1 Å². The zero-order valence-corrected chi connectivity index (χ0v) is 14.6. The number of rotatable bonds is 9. The Morgan fingerprint density at radius 1 is 1.25 bits per heavy atom. The number of aryl methyl sites for hydroxylation is 1. The minimum absolute atomic E-state index is 0.144. The van der Waals surface area contributed by atoms with Gasteiger partial charge in [0, 0.05) is 17.7 Å². The first-order valence-electron chi connectivity index (χ1n) is 7.23. The number of Topliss-reactive ketones (excluding diaryl/α,β-unsaturated/α-hetero) is 1. The highest BCUT2D eigenvalue weighted by Gasteiger charge is 2.12. The Kier molecular flexibility index (Phi) is 8.78. The van der Waals surface area contributed by atoms with Gasteiger partial charge in [-0.15, -0.1) is 0 Å². The summed E-state index contributed by atoms with van der Waals surface area (Å²) in [5, 5.41) is 3.37. The topological polar surface area (TPSA) is 29.1 Å². The molecule has 0 radical (unpaired) electrons. The highest BCUT2D eigenvalue weighted by Crippen LogP contribution is 2.12. The van der Waals surface area contributed by atoms with Gasteiger partial charge in [0.15, 0.2) is 5.78 Å². The van der Waals surface area contributed by atoms with Gasteiger partial charge in [-0.2, -0.15) is 0 Å². The molecular weight excluding hydrogens is 361 g/mol. The molecule has 0 aromatic heterocycles. The van der Waals surface area contributed by atoms with Crippen LogP contribution in [0.4, 0.5) is 0 Å². The van der Waals surface area contributed by atoms with E-state index in [1.54, 1.807) is 0 Å². The predicted octanol–water partition coefficient (Wildman–Crippen LogP) is 4.32. The van der Waals surface area contributed by atoms with E-state index in [9.17, 15) is 4.79 Å². The monoisotopic (exact) mass is 385 g/mol. The summed E-state index contributed by atoms with van der Waals surface area (Å²) in [5.41, 5.74) is 2.71. The predicted molar refractivity (Wildman–Crippen MR) is 94.9 cm³/mol. The number of carbonyl (C=O) groups is 1. The van der Waals surface area contributed by atoms with Crippen LogP contribution in [0.2, 0.25) is 0 Å². The number of carbonyl (C=O) groups excluding carboxylic acids is 1. The number of halogens is 1. The van der Waals surface area contributed by atoms with Crippen molar-refractivity contribution in [1.82, 2.24) is 5.32 Å². The Morgan fingerprint density at radius 3 is 2.65 bits per heavy atom. The number of benzene rings is 1. The molecule has 1 aromatic rings. The quantitative estimate of drug-likeness (QED) is 0.226. The second-order valence-electron chi connectivity index (χ2n) is 4.88. The fraction of sp³-hybridized carbons (Fsp3) is 0.471. The van der Waals surface area contributed by atoms with E-state index in [2.05, 4.69) is 27.9 Å². The standard InChI is InChI=1S/C17H24INO/c1-3-15(13-19-12-8-4-7-11-18)17(20)16-10-6-5-9-14(16)2/h3,5-6,9-10,19H,4,7-8,11-13H2,1-2H3/b15-3-. The molecule has 0 saturated carbocycles. The Morgan fingerprint density at radius 2 is 2.00 bits per heavy atom. The zero-order valence-electron chi connectivity index (χ0n) is 12.4. The SMILES string of the molecule is C/C=C(/CNCCCCCI)C(=O)c1ccccc1C. The van der Waals surface area contributed by atoms with Crippen LogP contribution in [0.15, 0.2) is 35.9 Å². The van der Waals surface area contributed by atoms with Gasteiger partial charge >= 0.3 is 0 Å². The molecule has 20 heavy (non-hydrogen) atoms. The fourth-order valence-corrected chi connectivity index (χ4v) is 2.60. The average molecular weight is 385 g/mol. The Balaban J connectivity index is 2.47. The Bertz CT molecular complexity index is 454. The molecule has 0 aliphatic carbocycles. The van der Waals surface area contributed by atoms with E-state index in [1.807, 2.05) is 44.2 Å². The molecule has 0 fully saturated rings. The van der Waals surface area contributed by atoms with Gasteiger partial charge in [-0.25, -0.2) is 0 Å². The first-order chi connectivity index (χ1) is 9.70. The summed E-state index contributed by atoms with van der Waals surface area (Å²) >= 11 is 2.41. The molecule has 0 spiro atoms. The van der Waals surface area contributed by atoms with Crippen molar-refractivity contribution >= 4 is 28.4 Å². The van der Waals surface area contributed by atoms with Crippen LogP contribution in [-0.2, 0) is 0 Å². The fourth-order valence-electron chi connectivity index (χ4n) is 2.06. The summed E-state index contributed by atoms with van der Waals surface area (Å²) in [7, 11) is 0. The minimum atomic E-state index is 0.144. The van der Waals surface area contributed by atoms with Gasteiger partial charge < -0.3 is 5.32 Å². The van der Waals surface area contributed by atoms with Crippen molar-refractivity contribution in [3.63, 3.8) is 0 Å². The molecule has 110 valence electrons. The van der Waals surface area contributed by atoms with E-state index in [0.29, 0.717) is 6.54 Å². The zero-order chi connectivity index (χ0) is 14.8. The lowest BCUT2D eigenvalue weighted by atomic mass is 9.99. The third-order valence-corrected chi connectivity index (χ3v) is 4.10. The van der Waals surface area contributed by atoms with Gasteiger partial charge in [0.05, 0.1) is 0 Å². The van der Waals surface area contributed by atoms with Gasteiger partial charge in [0.2, 0.25) is 0 Å². The minimum Gasteiger partial charge on any atom is -0.313 e. The molecule has 0 unspecified atom stereocenters. The lowest BCUT2D eigenvalue weighted by Crippen LogP contribution is -2.22. The van der Waals surface area contributed by atoms with Gasteiger partial charge in [-0.3, -0.25) is 4.79 Å². The van der Waals surface area contributed by atoms with E-state index >= 15 is 0 Å². The van der Waals surface area contributed by atoms with Crippen LogP contribution >= 0.6 is 22.6 Å². The molecule has 0 amide bonds. The van der Waals surface area contributed by atoms with Crippen LogP contribution in [0, 0.1) is 6.92 Å². The van der Waals surface area contributed by atoms with E-state index in [4.69, 9.17) is 0 Å². The molecule has 0 atom stereocenters. The summed E-state index contributed by atoms with van der Waals surface area (Å²) in [4.78, 5) is 12.5. The van der Waals surface area contributed by atoms with E-state index in [1.165, 1.54) is 23.7 Å². The molecule has 0 saturated heterocycles. The van der Waals surface area contributed by atoms with Gasteiger partial charge in [0.25, 0.3) is 0 Å². The van der Waals surface area contributed by atoms with Crippen molar-refractivity contribution in [2.75, 3.05) is 17.5 Å². The first-order valence-corrected chi connectivity index (χ1v) is 8.75. The maximum absolute atomic E-state index is 12.5. The molecular formula is C17H24INO. The summed E-state index contributed by atoms with van der Waals surface area (Å²) in [6.07, 6.45) is 5.64. The van der Waals surface area contributed by atoms with Crippen molar-refractivity contribution in [3.05, 3.63) is 47.0 Å². The molecule has 2 nitrogen and oxygen atoms in total. The molecule has 0 aliphatic heterocycles. The average Bonchev–Trinajstić information content (AvgIpc) is 2.46. The van der Waals surface area contributed by atoms with Crippen LogP contribution in [0.3, 0.4) is 0 Å². The van der Waals surface area contributed by atoms with E-state index in [-0.39, 0.29) is 5.78 Å². The lowest BCUT2D eigenvalue weighted by molar-refractivity contribution is 0.103. The van der Waals surface area contributed by atoms with Gasteiger partial charge in [-0.1, -0.05) is 59.4 Å². The second kappa shape index (κ2) is 10.1. The highest BCUT2D eigenvalue weighted by atomic mass is 127. The lowest BCUT2D eigenvalue weighted by Gasteiger charge is -2.10. The van der Waals surface area contributed by atoms with Gasteiger partial charge in [-0.05, 0) is 43.2 Å². The van der Waals surface area contributed by atoms with Crippen LogP contribution in [0.25, 0.3) is 0 Å². The molecule has 1 aromatic carbocycles. The molecule has 1 N–H and O–H groups in total. The van der Waals surface area contributed by atoms with Crippen LogP contribution < -0.4 is 5.32 Å². The summed E-state index contributed by atoms with van der Waals surface area (Å²) in [6, 6.07) is 7.78. The molecule has 1 rings (SSSR count). The largest absolute Gasteiger partial charge is 0.313 e. The first kappa shape index (κ1) is 17.4. The van der Waals surface area contributed by atoms with Crippen molar-refractivity contribution in [2.24, 2.45) is 0 Å². The Hall–Kier alpha value is -0.680. The third-order valence-electron chi connectivity index (χ3n) is 3.33. The van der Waals surface area contributed by atoms with Crippen molar-refractivity contribution in [1.29, 1.82) is 0 Å². The molecule has 0 heterocycles. The molecule has 0 aliphatic rings. The van der Waals surface area contributed by atoms with Gasteiger partial charge in [0.1, 0.15) is 0 Å². The van der Waals surface area contributed by atoms with Crippen molar-refractivity contribution in [2.45, 2.75) is 33.1 Å². The highest BCUT2D eigenvalue weighted by molar-refractivity contribution is 14.1. The number of allylic oxidation sites excluding steroid dienone is 1. The number of ketones is 1. The molecule has 3 heteroatoms. The third kappa shape index (κ3) is 5.75. The summed E-state index contributed by atoms with van der Waals surface area (Å²) < 4.78 is 1.23. The summed E-state index contributed by atoms with van der Waals surface area (Å²) in [5.74, 6) is 0.144. The van der Waals surface area contributed by atoms with Crippen molar-refractivity contribution < 1.29 is 4.79 Å². The maximum atomic E-state index is 12.5. The van der Waals surface area contributed by atoms with Crippen LogP contribution in [-0.4, -0.2) is 23.3 Å². The normalized spacial score (nSPS) is 11.7. The van der Waals surface area contributed by atoms with E-state index < -0.39 is 0 Å². The smallest absolute Gasteiger partial charge is 0.190 e.